The number of carbonyl (C=O) groups excluding carboxylic acids is 1. The molecule has 3 rings (SSSR count). The van der Waals surface area contributed by atoms with Gasteiger partial charge in [-0.25, -0.2) is 4.79 Å². The van der Waals surface area contributed by atoms with E-state index in [4.69, 9.17) is 5.11 Å². The molecule has 0 heterocycles. The maximum atomic E-state index is 11.7. The van der Waals surface area contributed by atoms with Crippen LogP contribution in [0.2, 0.25) is 0 Å². The van der Waals surface area contributed by atoms with Crippen LogP contribution in [-0.4, -0.2) is 17.0 Å². The topological polar surface area (TPSA) is 66.4 Å². The number of anilines is 1. The van der Waals surface area contributed by atoms with Gasteiger partial charge in [0.1, 0.15) is 0 Å². The second kappa shape index (κ2) is 4.81. The highest BCUT2D eigenvalue weighted by molar-refractivity contribution is 6.09. The molecular weight excluding hydrogens is 254 g/mol. The Labute approximate surface area is 115 Å². The Bertz CT molecular complexity index is 736. The molecule has 1 aliphatic carbocycles. The largest absolute Gasteiger partial charge is 0.478 e. The van der Waals surface area contributed by atoms with Crippen LogP contribution in [-0.2, 0) is 22.4 Å². The third kappa shape index (κ3) is 2.16. The van der Waals surface area contributed by atoms with Gasteiger partial charge in [-0.1, -0.05) is 24.3 Å². The third-order valence-electron chi connectivity index (χ3n) is 3.51. The van der Waals surface area contributed by atoms with Gasteiger partial charge < -0.3 is 10.4 Å². The zero-order valence-electron chi connectivity index (χ0n) is 10.7. The molecular formula is C16H13NO3. The number of carboxylic acid groups (broad SMARTS) is 1. The minimum absolute atomic E-state index is 0.439. The van der Waals surface area contributed by atoms with Crippen LogP contribution in [0.3, 0.4) is 0 Å². The summed E-state index contributed by atoms with van der Waals surface area (Å²) in [6.07, 6.45) is 3.91. The van der Waals surface area contributed by atoms with Gasteiger partial charge in [0.2, 0.25) is 5.91 Å². The Morgan fingerprint density at radius 2 is 1.80 bits per heavy atom. The molecule has 20 heavy (non-hydrogen) atoms. The number of hydrogen-bond donors (Lipinski definition) is 2. The molecule has 1 amide bonds. The summed E-state index contributed by atoms with van der Waals surface area (Å²) < 4.78 is 0. The van der Waals surface area contributed by atoms with Crippen molar-refractivity contribution in [3.05, 3.63) is 53.6 Å². The second-order valence-corrected chi connectivity index (χ2v) is 4.77. The first-order valence-corrected chi connectivity index (χ1v) is 6.40. The van der Waals surface area contributed by atoms with E-state index in [0.29, 0.717) is 5.69 Å². The predicted octanol–water partition coefficient (Wildman–Crippen LogP) is 2.52. The van der Waals surface area contributed by atoms with Crippen LogP contribution < -0.4 is 5.32 Å². The molecule has 0 spiro atoms. The SMILES string of the molecule is O=C(O)/C=C/C(=O)Nc1ccc2c3c(cccc13)CC2. The van der Waals surface area contributed by atoms with E-state index in [1.807, 2.05) is 24.3 Å². The summed E-state index contributed by atoms with van der Waals surface area (Å²) >= 11 is 0. The fourth-order valence-corrected chi connectivity index (χ4v) is 2.68. The van der Waals surface area contributed by atoms with Gasteiger partial charge >= 0.3 is 5.97 Å². The van der Waals surface area contributed by atoms with Crippen LogP contribution in [0.1, 0.15) is 11.1 Å². The molecule has 2 N–H and O–H groups in total. The highest BCUT2D eigenvalue weighted by Gasteiger charge is 2.16. The monoisotopic (exact) mass is 267 g/mol. The molecule has 0 bridgehead atoms. The lowest BCUT2D eigenvalue weighted by molar-refractivity contribution is -0.131. The molecule has 4 nitrogen and oxygen atoms in total. The third-order valence-corrected chi connectivity index (χ3v) is 3.51. The summed E-state index contributed by atoms with van der Waals surface area (Å²) in [5, 5.41) is 13.5. The van der Waals surface area contributed by atoms with Gasteiger partial charge in [-0.05, 0) is 35.4 Å². The number of benzene rings is 2. The van der Waals surface area contributed by atoms with Gasteiger partial charge in [0.25, 0.3) is 0 Å². The standard InChI is InChI=1S/C16H13NO3/c18-14(8-9-15(19)20)17-13-7-6-11-5-4-10-2-1-3-12(13)16(10)11/h1-3,6-9H,4-5H2,(H,17,18)(H,19,20)/b9-8+. The average Bonchev–Trinajstić information content (AvgIpc) is 2.85. The van der Waals surface area contributed by atoms with E-state index in [-0.39, 0.29) is 0 Å². The molecule has 1 aliphatic rings. The van der Waals surface area contributed by atoms with E-state index in [1.165, 1.54) is 16.5 Å². The summed E-state index contributed by atoms with van der Waals surface area (Å²) in [7, 11) is 0. The normalized spacial score (nSPS) is 13.0. The van der Waals surface area contributed by atoms with Crippen LogP contribution in [0.15, 0.2) is 42.5 Å². The minimum Gasteiger partial charge on any atom is -0.478 e. The lowest BCUT2D eigenvalue weighted by atomic mass is 10.0. The van der Waals surface area contributed by atoms with E-state index in [9.17, 15) is 9.59 Å². The van der Waals surface area contributed by atoms with Crippen LogP contribution in [0.4, 0.5) is 5.69 Å². The van der Waals surface area contributed by atoms with Crippen LogP contribution >= 0.6 is 0 Å². The van der Waals surface area contributed by atoms with Gasteiger partial charge in [-0.15, -0.1) is 0 Å². The van der Waals surface area contributed by atoms with Gasteiger partial charge in [0.05, 0.1) is 0 Å². The molecule has 0 unspecified atom stereocenters. The van der Waals surface area contributed by atoms with E-state index in [1.54, 1.807) is 0 Å². The number of hydrogen-bond acceptors (Lipinski definition) is 2. The summed E-state index contributed by atoms with van der Waals surface area (Å²) in [5.74, 6) is -1.58. The maximum Gasteiger partial charge on any atom is 0.328 e. The van der Waals surface area contributed by atoms with Crippen molar-refractivity contribution in [2.45, 2.75) is 12.8 Å². The predicted molar refractivity (Wildman–Crippen MR) is 76.8 cm³/mol. The number of nitrogens with one attached hydrogen (secondary N) is 1. The summed E-state index contributed by atoms with van der Waals surface area (Å²) in [6.45, 7) is 0. The van der Waals surface area contributed by atoms with Crippen molar-refractivity contribution < 1.29 is 14.7 Å². The number of amides is 1. The highest BCUT2D eigenvalue weighted by Crippen LogP contribution is 2.34. The van der Waals surface area contributed by atoms with Crippen molar-refractivity contribution in [3.8, 4) is 0 Å². The number of carbonyl (C=O) groups is 2. The lowest BCUT2D eigenvalue weighted by Gasteiger charge is -2.09. The van der Waals surface area contributed by atoms with Crippen LogP contribution in [0.5, 0.6) is 0 Å². The second-order valence-electron chi connectivity index (χ2n) is 4.77. The van der Waals surface area contributed by atoms with Gasteiger partial charge in [-0.3, -0.25) is 4.79 Å². The van der Waals surface area contributed by atoms with Crippen LogP contribution in [0, 0.1) is 0 Å². The quantitative estimate of drug-likeness (QED) is 0.840. The number of rotatable bonds is 3. The fourth-order valence-electron chi connectivity index (χ4n) is 2.68. The first-order chi connectivity index (χ1) is 9.65. The highest BCUT2D eigenvalue weighted by atomic mass is 16.4. The molecule has 0 atom stereocenters. The molecule has 2 aromatic carbocycles. The summed E-state index contributed by atoms with van der Waals surface area (Å²) in [5.41, 5.74) is 3.32. The van der Waals surface area contributed by atoms with Gasteiger partial charge in [0, 0.05) is 23.2 Å². The molecule has 4 heteroatoms. The van der Waals surface area contributed by atoms with E-state index in [0.717, 1.165) is 30.4 Å². The Kier molecular flexibility index (Phi) is 2.99. The molecule has 0 saturated carbocycles. The van der Waals surface area contributed by atoms with Crippen molar-refractivity contribution in [2.24, 2.45) is 0 Å². The van der Waals surface area contributed by atoms with Gasteiger partial charge in [-0.2, -0.15) is 0 Å². The Morgan fingerprint density at radius 1 is 1.05 bits per heavy atom. The van der Waals surface area contributed by atoms with Crippen molar-refractivity contribution in [1.29, 1.82) is 0 Å². The Morgan fingerprint density at radius 3 is 2.55 bits per heavy atom. The van der Waals surface area contributed by atoms with Crippen molar-refractivity contribution in [3.63, 3.8) is 0 Å². The molecule has 0 aromatic heterocycles. The Balaban J connectivity index is 1.98. The van der Waals surface area contributed by atoms with Gasteiger partial charge in [0.15, 0.2) is 0 Å². The molecule has 0 saturated heterocycles. The van der Waals surface area contributed by atoms with Crippen molar-refractivity contribution in [2.75, 3.05) is 5.32 Å². The zero-order valence-corrected chi connectivity index (χ0v) is 10.7. The number of aryl methyl sites for hydroxylation is 2. The molecule has 0 radical (unpaired) electrons. The van der Waals surface area contributed by atoms with E-state index < -0.39 is 11.9 Å². The first-order valence-electron chi connectivity index (χ1n) is 6.40. The Hall–Kier alpha value is -2.62. The molecule has 0 fully saturated rings. The number of carboxylic acids is 1. The smallest absolute Gasteiger partial charge is 0.328 e. The fraction of sp³-hybridized carbons (Fsp3) is 0.125. The zero-order chi connectivity index (χ0) is 14.1. The average molecular weight is 267 g/mol. The maximum absolute atomic E-state index is 11.7. The van der Waals surface area contributed by atoms with E-state index in [2.05, 4.69) is 11.4 Å². The first kappa shape index (κ1) is 12.4. The van der Waals surface area contributed by atoms with Crippen molar-refractivity contribution in [1.82, 2.24) is 0 Å². The van der Waals surface area contributed by atoms with Crippen LogP contribution in [0.25, 0.3) is 10.8 Å². The van der Waals surface area contributed by atoms with Crippen molar-refractivity contribution >= 4 is 28.3 Å². The summed E-state index contributed by atoms with van der Waals surface area (Å²) in [6, 6.07) is 9.96. The molecule has 0 aliphatic heterocycles. The molecule has 100 valence electrons. The summed E-state index contributed by atoms with van der Waals surface area (Å²) in [4.78, 5) is 22.1. The lowest BCUT2D eigenvalue weighted by Crippen LogP contribution is -2.09. The molecule has 2 aromatic rings. The minimum atomic E-state index is -1.14. The van der Waals surface area contributed by atoms with E-state index >= 15 is 0 Å². The number of aliphatic carboxylic acids is 1.